The van der Waals surface area contributed by atoms with Gasteiger partial charge in [-0.25, -0.2) is 4.79 Å². The van der Waals surface area contributed by atoms with Gasteiger partial charge in [0.05, 0.1) is 11.1 Å². The van der Waals surface area contributed by atoms with Crippen LogP contribution in [0.15, 0.2) is 77.0 Å². The van der Waals surface area contributed by atoms with Gasteiger partial charge in [0, 0.05) is 10.5 Å². The number of carbonyl (C=O) groups excluding carboxylic acids is 2. The number of fused-ring (bicyclic) bond motifs is 1. The second-order valence-corrected chi connectivity index (χ2v) is 7.18. The second-order valence-electron chi connectivity index (χ2n) is 6.32. The number of hydrogen-bond acceptors (Lipinski definition) is 4. The number of Topliss-reactive ketones (excluding diaryl/α,β-unsaturated/α-hetero) is 1. The van der Waals surface area contributed by atoms with Gasteiger partial charge in [0.25, 0.3) is 0 Å². The molecule has 0 unspecified atom stereocenters. The van der Waals surface area contributed by atoms with E-state index in [1.165, 1.54) is 0 Å². The van der Waals surface area contributed by atoms with Crippen molar-refractivity contribution >= 4 is 33.8 Å². The number of esters is 1. The largest absolute Gasteiger partial charge is 0.452 e. The fourth-order valence-electron chi connectivity index (χ4n) is 2.93. The van der Waals surface area contributed by atoms with Crippen LogP contribution in [0.1, 0.15) is 31.8 Å². The van der Waals surface area contributed by atoms with Crippen LogP contribution in [0, 0.1) is 6.92 Å². The maximum atomic E-state index is 12.6. The molecule has 5 heteroatoms. The lowest BCUT2D eigenvalue weighted by Crippen LogP contribution is -2.10. The van der Waals surface area contributed by atoms with E-state index < -0.39 is 5.97 Å². The van der Waals surface area contributed by atoms with Gasteiger partial charge < -0.3 is 9.47 Å². The van der Waals surface area contributed by atoms with Gasteiger partial charge in [-0.3, -0.25) is 4.79 Å². The molecule has 28 heavy (non-hydrogen) atoms. The monoisotopic (exact) mass is 434 g/mol. The van der Waals surface area contributed by atoms with Gasteiger partial charge >= 0.3 is 5.97 Å². The van der Waals surface area contributed by atoms with E-state index in [1.54, 1.807) is 36.4 Å². The number of carbonyl (C=O) groups is 2. The Bertz CT molecular complexity index is 1130. The Morgan fingerprint density at radius 3 is 2.57 bits per heavy atom. The van der Waals surface area contributed by atoms with Crippen molar-refractivity contribution in [1.82, 2.24) is 0 Å². The summed E-state index contributed by atoms with van der Waals surface area (Å²) in [5.41, 5.74) is 2.60. The van der Waals surface area contributed by atoms with Gasteiger partial charge in [0.1, 0.15) is 11.5 Å². The van der Waals surface area contributed by atoms with E-state index in [0.29, 0.717) is 22.6 Å². The average molecular weight is 435 g/mol. The van der Waals surface area contributed by atoms with Crippen LogP contribution in [0.25, 0.3) is 6.08 Å². The van der Waals surface area contributed by atoms with E-state index in [-0.39, 0.29) is 11.5 Å². The Labute approximate surface area is 170 Å². The smallest absolute Gasteiger partial charge is 0.343 e. The summed E-state index contributed by atoms with van der Waals surface area (Å²) in [6.45, 7) is 1.85. The molecule has 0 N–H and O–H groups in total. The van der Waals surface area contributed by atoms with E-state index in [0.717, 1.165) is 15.6 Å². The summed E-state index contributed by atoms with van der Waals surface area (Å²) in [5, 5.41) is 0. The van der Waals surface area contributed by atoms with E-state index >= 15 is 0 Å². The van der Waals surface area contributed by atoms with E-state index in [9.17, 15) is 9.59 Å². The highest BCUT2D eigenvalue weighted by Gasteiger charge is 2.28. The van der Waals surface area contributed by atoms with Crippen molar-refractivity contribution in [3.05, 3.63) is 99.2 Å². The predicted molar refractivity (Wildman–Crippen MR) is 110 cm³/mol. The summed E-state index contributed by atoms with van der Waals surface area (Å²) in [4.78, 5) is 25.0. The van der Waals surface area contributed by atoms with Crippen LogP contribution in [-0.4, -0.2) is 11.8 Å². The van der Waals surface area contributed by atoms with Crippen LogP contribution in [0.3, 0.4) is 0 Å². The van der Waals surface area contributed by atoms with Crippen LogP contribution in [-0.2, 0) is 0 Å². The molecule has 0 amide bonds. The van der Waals surface area contributed by atoms with Crippen molar-refractivity contribution in [1.29, 1.82) is 0 Å². The number of ketones is 1. The Kier molecular flexibility index (Phi) is 4.84. The SMILES string of the molecule is Cc1ccccc1C(=O)Oc1ccc2c(c1)OC(=Cc1ccccc1Br)C2=O. The van der Waals surface area contributed by atoms with Crippen LogP contribution < -0.4 is 9.47 Å². The fraction of sp³-hybridized carbons (Fsp3) is 0.0435. The number of benzene rings is 3. The van der Waals surface area contributed by atoms with Crippen molar-refractivity contribution < 1.29 is 19.1 Å². The molecular weight excluding hydrogens is 420 g/mol. The number of ether oxygens (including phenoxy) is 2. The first-order valence-corrected chi connectivity index (χ1v) is 9.43. The summed E-state index contributed by atoms with van der Waals surface area (Å²) in [6, 6.07) is 19.5. The predicted octanol–water partition coefficient (Wildman–Crippen LogP) is 5.59. The molecule has 0 saturated carbocycles. The van der Waals surface area contributed by atoms with Crippen LogP contribution in [0.5, 0.6) is 11.5 Å². The summed E-state index contributed by atoms with van der Waals surface area (Å²) in [6.07, 6.45) is 1.69. The molecule has 1 heterocycles. The van der Waals surface area contributed by atoms with Crippen molar-refractivity contribution in [2.45, 2.75) is 6.92 Å². The molecule has 1 aliphatic heterocycles. The third-order valence-electron chi connectivity index (χ3n) is 4.41. The third kappa shape index (κ3) is 3.49. The number of halogens is 1. The number of rotatable bonds is 3. The molecule has 1 aliphatic rings. The molecule has 0 spiro atoms. The summed E-state index contributed by atoms with van der Waals surface area (Å²) in [7, 11) is 0. The number of allylic oxidation sites excluding steroid dienone is 1. The van der Waals surface area contributed by atoms with Gasteiger partial charge in [-0.2, -0.15) is 0 Å². The highest BCUT2D eigenvalue weighted by Crippen LogP contribution is 2.35. The quantitative estimate of drug-likeness (QED) is 0.306. The second kappa shape index (κ2) is 7.44. The van der Waals surface area contributed by atoms with Crippen molar-refractivity contribution in [3.8, 4) is 11.5 Å². The summed E-state index contributed by atoms with van der Waals surface area (Å²) < 4.78 is 12.1. The average Bonchev–Trinajstić information content (AvgIpc) is 2.99. The normalized spacial score (nSPS) is 13.9. The lowest BCUT2D eigenvalue weighted by Gasteiger charge is -2.07. The molecule has 0 bridgehead atoms. The van der Waals surface area contributed by atoms with E-state index in [2.05, 4.69) is 15.9 Å². The summed E-state index contributed by atoms with van der Waals surface area (Å²) in [5.74, 6) is 0.263. The lowest BCUT2D eigenvalue weighted by atomic mass is 10.1. The third-order valence-corrected chi connectivity index (χ3v) is 5.13. The standard InChI is InChI=1S/C23H15BrO4/c1-14-6-2-4-8-17(14)23(26)27-16-10-11-18-20(13-16)28-21(22(18)25)12-15-7-3-5-9-19(15)24/h2-13H,1H3. The molecule has 0 radical (unpaired) electrons. The Hall–Kier alpha value is -3.18. The highest BCUT2D eigenvalue weighted by molar-refractivity contribution is 9.10. The fourth-order valence-corrected chi connectivity index (χ4v) is 3.33. The Balaban J connectivity index is 1.58. The van der Waals surface area contributed by atoms with Gasteiger partial charge in [0.2, 0.25) is 5.78 Å². The molecular formula is C23H15BrO4. The van der Waals surface area contributed by atoms with Crippen LogP contribution >= 0.6 is 15.9 Å². The maximum Gasteiger partial charge on any atom is 0.343 e. The molecule has 4 rings (SSSR count). The Morgan fingerprint density at radius 1 is 1.04 bits per heavy atom. The molecule has 0 atom stereocenters. The van der Waals surface area contributed by atoms with Gasteiger partial charge in [-0.1, -0.05) is 52.3 Å². The topological polar surface area (TPSA) is 52.6 Å². The summed E-state index contributed by atoms with van der Waals surface area (Å²) >= 11 is 3.46. The minimum atomic E-state index is -0.452. The highest BCUT2D eigenvalue weighted by atomic mass is 79.9. The van der Waals surface area contributed by atoms with Crippen LogP contribution in [0.4, 0.5) is 0 Å². The zero-order valence-electron chi connectivity index (χ0n) is 14.9. The minimum Gasteiger partial charge on any atom is -0.452 e. The molecule has 3 aromatic carbocycles. The molecule has 0 saturated heterocycles. The first-order chi connectivity index (χ1) is 13.5. The van der Waals surface area contributed by atoms with Gasteiger partial charge in [-0.05, 0) is 48.4 Å². The first kappa shape index (κ1) is 18.2. The molecule has 4 nitrogen and oxygen atoms in total. The van der Waals surface area contributed by atoms with Gasteiger partial charge in [-0.15, -0.1) is 0 Å². The minimum absolute atomic E-state index is 0.206. The number of aryl methyl sites for hydroxylation is 1. The first-order valence-electron chi connectivity index (χ1n) is 8.63. The molecule has 0 fully saturated rings. The molecule has 0 aliphatic carbocycles. The lowest BCUT2D eigenvalue weighted by molar-refractivity contribution is 0.0733. The van der Waals surface area contributed by atoms with Crippen LogP contribution in [0.2, 0.25) is 0 Å². The maximum absolute atomic E-state index is 12.6. The van der Waals surface area contributed by atoms with E-state index in [4.69, 9.17) is 9.47 Å². The van der Waals surface area contributed by atoms with Gasteiger partial charge in [0.15, 0.2) is 5.76 Å². The van der Waals surface area contributed by atoms with E-state index in [1.807, 2.05) is 43.3 Å². The molecule has 0 aromatic heterocycles. The molecule has 138 valence electrons. The Morgan fingerprint density at radius 2 is 1.79 bits per heavy atom. The molecule has 3 aromatic rings. The zero-order valence-corrected chi connectivity index (χ0v) is 16.5. The number of hydrogen-bond donors (Lipinski definition) is 0. The van der Waals surface area contributed by atoms with Crippen molar-refractivity contribution in [3.63, 3.8) is 0 Å². The zero-order chi connectivity index (χ0) is 19.7. The van der Waals surface area contributed by atoms with Crippen molar-refractivity contribution in [2.24, 2.45) is 0 Å². The van der Waals surface area contributed by atoms with Crippen molar-refractivity contribution in [2.75, 3.05) is 0 Å².